The number of hydrogen-bond donors (Lipinski definition) is 1. The van der Waals surface area contributed by atoms with Crippen molar-refractivity contribution in [2.45, 2.75) is 95.4 Å². The fourth-order valence-corrected chi connectivity index (χ4v) is 8.29. The number of thiophene rings is 1. The minimum atomic E-state index is 0.247. The number of aryl methyl sites for hydroxylation is 1. The topological polar surface area (TPSA) is 88.4 Å². The van der Waals surface area contributed by atoms with Gasteiger partial charge in [-0.1, -0.05) is 0 Å². The first-order chi connectivity index (χ1) is 19.0. The van der Waals surface area contributed by atoms with Gasteiger partial charge in [-0.15, -0.1) is 11.3 Å². The maximum absolute atomic E-state index is 11.9. The maximum Gasteiger partial charge on any atom is 0.220 e. The van der Waals surface area contributed by atoms with Gasteiger partial charge in [0.1, 0.15) is 16.5 Å². The van der Waals surface area contributed by atoms with Crippen molar-refractivity contribution in [3.05, 3.63) is 34.7 Å². The Labute approximate surface area is 233 Å². The second kappa shape index (κ2) is 10.4. The van der Waals surface area contributed by atoms with Crippen LogP contribution < -0.4 is 5.32 Å². The zero-order valence-electron chi connectivity index (χ0n) is 23.0. The van der Waals surface area contributed by atoms with Gasteiger partial charge in [0.15, 0.2) is 0 Å². The fraction of sp³-hybridized carbons (Fsp3) is 0.655. The second-order valence-electron chi connectivity index (χ2n) is 12.0. The molecule has 2 unspecified atom stereocenters. The van der Waals surface area contributed by atoms with Crippen LogP contribution in [0.15, 0.2) is 17.8 Å². The Morgan fingerprint density at radius 2 is 1.82 bits per heavy atom. The molecule has 0 radical (unpaired) electrons. The monoisotopic (exact) mass is 549 g/mol. The number of hydrogen-bond acceptors (Lipinski definition) is 8. The van der Waals surface area contributed by atoms with E-state index >= 15 is 0 Å². The number of fused-ring (bicyclic) bond motifs is 3. The molecule has 8 rings (SSSR count). The third kappa shape index (κ3) is 4.95. The highest BCUT2D eigenvalue weighted by Crippen LogP contribution is 2.37. The average Bonchev–Trinajstić information content (AvgIpc) is 3.56. The Kier molecular flexibility index (Phi) is 6.81. The molecule has 39 heavy (non-hydrogen) atoms. The van der Waals surface area contributed by atoms with E-state index in [9.17, 15) is 4.79 Å². The van der Waals surface area contributed by atoms with Crippen molar-refractivity contribution < 1.29 is 9.53 Å². The minimum Gasteiger partial charge on any atom is -0.381 e. The second-order valence-corrected chi connectivity index (χ2v) is 12.9. The van der Waals surface area contributed by atoms with Crippen molar-refractivity contribution >= 4 is 33.3 Å². The van der Waals surface area contributed by atoms with Crippen LogP contribution in [0, 0.1) is 6.92 Å². The van der Waals surface area contributed by atoms with Gasteiger partial charge in [-0.25, -0.2) is 9.97 Å². The molecule has 5 fully saturated rings. The first-order valence-electron chi connectivity index (χ1n) is 14.7. The molecule has 2 atom stereocenters. The Hall–Kier alpha value is -2.56. The first kappa shape index (κ1) is 25.4. The Balaban J connectivity index is 1.01. The van der Waals surface area contributed by atoms with Crippen LogP contribution in [0.25, 0.3) is 10.2 Å². The molecule has 0 aromatic carbocycles. The molecule has 10 heteroatoms. The molecule has 3 aromatic rings. The molecule has 5 aliphatic rings. The van der Waals surface area contributed by atoms with Gasteiger partial charge in [-0.2, -0.15) is 5.10 Å². The quantitative estimate of drug-likeness (QED) is 0.494. The van der Waals surface area contributed by atoms with E-state index in [1.54, 1.807) is 18.3 Å². The van der Waals surface area contributed by atoms with Crippen LogP contribution >= 0.6 is 11.3 Å². The van der Waals surface area contributed by atoms with Crippen molar-refractivity contribution in [3.63, 3.8) is 0 Å². The normalized spacial score (nSPS) is 28.0. The summed E-state index contributed by atoms with van der Waals surface area (Å²) < 4.78 is 7.62. The smallest absolute Gasteiger partial charge is 0.220 e. The number of amides is 1. The lowest BCUT2D eigenvalue weighted by molar-refractivity contribution is -0.153. The zero-order chi connectivity index (χ0) is 26.5. The molecule has 1 aliphatic carbocycles. The molecular weight excluding hydrogens is 510 g/mol. The van der Waals surface area contributed by atoms with E-state index in [1.165, 1.54) is 30.2 Å². The molecule has 1 N–H and O–H groups in total. The van der Waals surface area contributed by atoms with Crippen molar-refractivity contribution in [2.24, 2.45) is 0 Å². The predicted molar refractivity (Wildman–Crippen MR) is 152 cm³/mol. The molecule has 1 amide bonds. The molecule has 4 aliphatic heterocycles. The SMILES string of the molecule is CC(=O)N1C2CC1CN(C1CCC(Nc3nc(Cc4cnn(C5CCOCC5)c4)nc4scc(C)c34)CC1)C2. The third-order valence-electron chi connectivity index (χ3n) is 9.38. The zero-order valence-corrected chi connectivity index (χ0v) is 23.8. The molecule has 208 valence electrons. The van der Waals surface area contributed by atoms with E-state index in [4.69, 9.17) is 14.7 Å². The van der Waals surface area contributed by atoms with Gasteiger partial charge in [0.05, 0.1) is 17.6 Å². The summed E-state index contributed by atoms with van der Waals surface area (Å²) in [5, 5.41) is 11.9. The van der Waals surface area contributed by atoms with Gasteiger partial charge in [0, 0.05) is 70.0 Å². The van der Waals surface area contributed by atoms with Gasteiger partial charge in [0.25, 0.3) is 0 Å². The Morgan fingerprint density at radius 3 is 2.56 bits per heavy atom. The van der Waals surface area contributed by atoms with E-state index in [-0.39, 0.29) is 5.91 Å². The van der Waals surface area contributed by atoms with E-state index in [0.717, 1.165) is 74.0 Å². The van der Waals surface area contributed by atoms with Crippen LogP contribution in [-0.2, 0) is 16.0 Å². The summed E-state index contributed by atoms with van der Waals surface area (Å²) >= 11 is 1.71. The number of carbonyl (C=O) groups is 1. The number of nitrogens with zero attached hydrogens (tertiary/aromatic N) is 6. The highest BCUT2D eigenvalue weighted by molar-refractivity contribution is 7.17. The number of ether oxygens (including phenoxy) is 1. The summed E-state index contributed by atoms with van der Waals surface area (Å²) in [4.78, 5) is 27.8. The van der Waals surface area contributed by atoms with Crippen LogP contribution in [-0.4, -0.2) is 85.9 Å². The summed E-state index contributed by atoms with van der Waals surface area (Å²) in [6, 6.07) is 2.37. The molecular formula is C29H39N7O2S. The molecule has 3 aromatic heterocycles. The average molecular weight is 550 g/mol. The molecule has 9 nitrogen and oxygen atoms in total. The number of piperazine rings is 1. The maximum atomic E-state index is 11.9. The lowest BCUT2D eigenvalue weighted by Gasteiger charge is -2.58. The number of rotatable bonds is 6. The Morgan fingerprint density at radius 1 is 1.05 bits per heavy atom. The van der Waals surface area contributed by atoms with Gasteiger partial charge >= 0.3 is 0 Å². The van der Waals surface area contributed by atoms with Crippen LogP contribution in [0.2, 0.25) is 0 Å². The largest absolute Gasteiger partial charge is 0.381 e. The Bertz CT molecular complexity index is 1330. The lowest BCUT2D eigenvalue weighted by atomic mass is 9.83. The highest BCUT2D eigenvalue weighted by atomic mass is 32.1. The minimum absolute atomic E-state index is 0.247. The number of carbonyl (C=O) groups excluding carboxylic acids is 1. The third-order valence-corrected chi connectivity index (χ3v) is 10.4. The molecule has 1 saturated carbocycles. The summed E-state index contributed by atoms with van der Waals surface area (Å²) in [5.41, 5.74) is 2.40. The van der Waals surface area contributed by atoms with Crippen LogP contribution in [0.1, 0.15) is 74.9 Å². The van der Waals surface area contributed by atoms with Gasteiger partial charge < -0.3 is 15.0 Å². The highest BCUT2D eigenvalue weighted by Gasteiger charge is 2.47. The summed E-state index contributed by atoms with van der Waals surface area (Å²) in [6.45, 7) is 7.60. The van der Waals surface area contributed by atoms with E-state index in [1.807, 2.05) is 6.20 Å². The number of anilines is 1. The van der Waals surface area contributed by atoms with Gasteiger partial charge in [-0.05, 0) is 68.4 Å². The van der Waals surface area contributed by atoms with Crippen molar-refractivity contribution in [3.8, 4) is 0 Å². The number of nitrogens with one attached hydrogen (secondary N) is 1. The first-order valence-corrected chi connectivity index (χ1v) is 15.5. The predicted octanol–water partition coefficient (Wildman–Crippen LogP) is 4.17. The van der Waals surface area contributed by atoms with Crippen molar-refractivity contribution in [1.29, 1.82) is 0 Å². The number of piperidine rings is 1. The van der Waals surface area contributed by atoms with Crippen LogP contribution in [0.5, 0.6) is 0 Å². The van der Waals surface area contributed by atoms with Crippen molar-refractivity contribution in [1.82, 2.24) is 29.5 Å². The van der Waals surface area contributed by atoms with E-state index in [2.05, 4.69) is 43.4 Å². The number of aromatic nitrogens is 4. The summed E-state index contributed by atoms with van der Waals surface area (Å²) in [7, 11) is 0. The molecule has 0 spiro atoms. The summed E-state index contributed by atoms with van der Waals surface area (Å²) in [5.74, 6) is 2.09. The van der Waals surface area contributed by atoms with Crippen LogP contribution in [0.4, 0.5) is 5.82 Å². The van der Waals surface area contributed by atoms with Crippen LogP contribution in [0.3, 0.4) is 0 Å². The van der Waals surface area contributed by atoms with Crippen molar-refractivity contribution in [2.75, 3.05) is 31.6 Å². The lowest BCUT2D eigenvalue weighted by Crippen LogP contribution is -2.71. The summed E-state index contributed by atoms with van der Waals surface area (Å²) in [6.07, 6.45) is 12.7. The molecule has 2 bridgehead atoms. The van der Waals surface area contributed by atoms with E-state index < -0.39 is 0 Å². The molecule has 4 saturated heterocycles. The standard InChI is InChI=1S/C29H39N7O2S/c1-18-17-39-29-27(18)28(32-26(33-29)11-20-13-30-35(14-20)23-7-9-38-10-8-23)31-21-3-5-22(6-4-21)34-15-24-12-25(16-34)36(24)19(2)37/h13-14,17,21-25H,3-12,15-16H2,1-2H3,(H,31,32,33). The fourth-order valence-electron chi connectivity index (χ4n) is 7.35. The van der Waals surface area contributed by atoms with Gasteiger partial charge in [-0.3, -0.25) is 14.4 Å². The molecule has 7 heterocycles. The van der Waals surface area contributed by atoms with E-state index in [0.29, 0.717) is 36.6 Å². The van der Waals surface area contributed by atoms with Gasteiger partial charge in [0.2, 0.25) is 5.91 Å².